The Morgan fingerprint density at radius 3 is 2.80 bits per heavy atom. The van der Waals surface area contributed by atoms with Crippen molar-refractivity contribution in [1.82, 2.24) is 16.0 Å². The second-order valence-corrected chi connectivity index (χ2v) is 5.10. The first-order chi connectivity index (χ1) is 9.52. The molecule has 108 valence electrons. The third-order valence-electron chi connectivity index (χ3n) is 3.09. The Labute approximate surface area is 118 Å². The number of hydrogen-bond acceptors (Lipinski definition) is 3. The molecule has 2 rings (SSSR count). The van der Waals surface area contributed by atoms with E-state index in [1.165, 1.54) is 5.56 Å². The minimum Gasteiger partial charge on any atom is -0.370 e. The van der Waals surface area contributed by atoms with E-state index in [1.807, 2.05) is 38.1 Å². The largest absolute Gasteiger partial charge is 0.370 e. The lowest BCUT2D eigenvalue weighted by Gasteiger charge is -2.30. The van der Waals surface area contributed by atoms with E-state index in [9.17, 15) is 4.79 Å². The Balaban J connectivity index is 1.87. The lowest BCUT2D eigenvalue weighted by Crippen LogP contribution is -2.64. The molecule has 1 aliphatic rings. The predicted octanol–water partition coefficient (Wildman–Crippen LogP) is 0.181. The highest BCUT2D eigenvalue weighted by Gasteiger charge is 2.22. The van der Waals surface area contributed by atoms with Gasteiger partial charge in [0, 0.05) is 12.5 Å². The molecule has 0 bridgehead atoms. The van der Waals surface area contributed by atoms with Crippen LogP contribution in [0.15, 0.2) is 29.3 Å². The minimum atomic E-state index is -0.368. The lowest BCUT2D eigenvalue weighted by atomic mass is 10.1. The highest BCUT2D eigenvalue weighted by Crippen LogP contribution is 2.04. The van der Waals surface area contributed by atoms with Gasteiger partial charge in [-0.15, -0.1) is 0 Å². The highest BCUT2D eigenvalue weighted by molar-refractivity contribution is 5.81. The molecule has 1 saturated heterocycles. The zero-order valence-electron chi connectivity index (χ0n) is 11.8. The summed E-state index contributed by atoms with van der Waals surface area (Å²) < 4.78 is 0. The Morgan fingerprint density at radius 2 is 2.15 bits per heavy atom. The normalized spacial score (nSPS) is 23.3. The van der Waals surface area contributed by atoms with Crippen molar-refractivity contribution < 1.29 is 4.79 Å². The molecule has 0 aliphatic carbocycles. The Kier molecular flexibility index (Phi) is 4.57. The van der Waals surface area contributed by atoms with Gasteiger partial charge in [0.05, 0.1) is 6.54 Å². The first kappa shape index (κ1) is 14.3. The van der Waals surface area contributed by atoms with E-state index < -0.39 is 0 Å². The molecule has 1 aliphatic heterocycles. The number of guanidine groups is 1. The molecule has 6 heteroatoms. The zero-order valence-corrected chi connectivity index (χ0v) is 11.8. The van der Waals surface area contributed by atoms with Gasteiger partial charge in [-0.1, -0.05) is 29.8 Å². The van der Waals surface area contributed by atoms with Gasteiger partial charge in [0.15, 0.2) is 12.2 Å². The van der Waals surface area contributed by atoms with Crippen molar-refractivity contribution >= 4 is 11.9 Å². The maximum atomic E-state index is 11.4. The SMILES string of the molecule is Cc1ccc(CN=C(N)NC2NC(=O)CC(C)N2)cc1. The monoisotopic (exact) mass is 275 g/mol. The van der Waals surface area contributed by atoms with Gasteiger partial charge in [-0.2, -0.15) is 0 Å². The second kappa shape index (κ2) is 6.38. The van der Waals surface area contributed by atoms with Gasteiger partial charge >= 0.3 is 0 Å². The Morgan fingerprint density at radius 1 is 1.45 bits per heavy atom. The van der Waals surface area contributed by atoms with E-state index in [2.05, 4.69) is 20.9 Å². The first-order valence-corrected chi connectivity index (χ1v) is 6.70. The second-order valence-electron chi connectivity index (χ2n) is 5.10. The van der Waals surface area contributed by atoms with Crippen LogP contribution in [0, 0.1) is 6.92 Å². The maximum absolute atomic E-state index is 11.4. The van der Waals surface area contributed by atoms with Crippen LogP contribution in [0.1, 0.15) is 24.5 Å². The molecule has 6 nitrogen and oxygen atoms in total. The van der Waals surface area contributed by atoms with Gasteiger partial charge < -0.3 is 16.4 Å². The predicted molar refractivity (Wildman–Crippen MR) is 78.8 cm³/mol. The fourth-order valence-corrected chi connectivity index (χ4v) is 2.02. The van der Waals surface area contributed by atoms with E-state index >= 15 is 0 Å². The summed E-state index contributed by atoms with van der Waals surface area (Å²) >= 11 is 0. The molecule has 1 aromatic carbocycles. The van der Waals surface area contributed by atoms with Crippen LogP contribution < -0.4 is 21.7 Å². The number of carbonyl (C=O) groups excluding carboxylic acids is 1. The van der Waals surface area contributed by atoms with Crippen molar-refractivity contribution in [3.8, 4) is 0 Å². The molecule has 1 fully saturated rings. The fourth-order valence-electron chi connectivity index (χ4n) is 2.02. The summed E-state index contributed by atoms with van der Waals surface area (Å²) in [5.41, 5.74) is 8.13. The summed E-state index contributed by atoms with van der Waals surface area (Å²) in [5.74, 6) is 0.303. The van der Waals surface area contributed by atoms with E-state index in [4.69, 9.17) is 5.73 Å². The molecule has 2 atom stereocenters. The quantitative estimate of drug-likeness (QED) is 0.468. The highest BCUT2D eigenvalue weighted by atomic mass is 16.2. The summed E-state index contributed by atoms with van der Waals surface area (Å²) in [7, 11) is 0. The van der Waals surface area contributed by atoms with Gasteiger partial charge in [-0.05, 0) is 19.4 Å². The number of aliphatic imine (C=N–C) groups is 1. The number of amides is 1. The molecular weight excluding hydrogens is 254 g/mol. The number of hydrogen-bond donors (Lipinski definition) is 4. The van der Waals surface area contributed by atoms with Gasteiger partial charge in [0.25, 0.3) is 0 Å². The molecule has 0 spiro atoms. The molecule has 5 N–H and O–H groups in total. The summed E-state index contributed by atoms with van der Waals surface area (Å²) in [6, 6.07) is 8.24. The molecule has 0 saturated carbocycles. The van der Waals surface area contributed by atoms with Gasteiger partial charge in [0.2, 0.25) is 5.91 Å². The average Bonchev–Trinajstić information content (AvgIpc) is 2.37. The fraction of sp³-hybridized carbons (Fsp3) is 0.429. The average molecular weight is 275 g/mol. The maximum Gasteiger partial charge on any atom is 0.224 e. The smallest absolute Gasteiger partial charge is 0.224 e. The number of nitrogens with one attached hydrogen (secondary N) is 3. The van der Waals surface area contributed by atoms with E-state index in [1.54, 1.807) is 0 Å². The summed E-state index contributed by atoms with van der Waals surface area (Å²) in [5, 5.41) is 8.89. The van der Waals surface area contributed by atoms with Crippen molar-refractivity contribution in [2.75, 3.05) is 0 Å². The van der Waals surface area contributed by atoms with Gasteiger partial charge in [-0.25, -0.2) is 4.99 Å². The van der Waals surface area contributed by atoms with Crippen LogP contribution in [0.4, 0.5) is 0 Å². The standard InChI is InChI=1S/C14H21N5O/c1-9-3-5-11(6-4-9)8-16-13(15)19-14-17-10(2)7-12(20)18-14/h3-6,10,14,17H,7-8H2,1-2H3,(H,18,20)(H3,15,16,19). The number of benzene rings is 1. The van der Waals surface area contributed by atoms with Crippen LogP contribution in [0.5, 0.6) is 0 Å². The van der Waals surface area contributed by atoms with Crippen molar-refractivity contribution in [2.24, 2.45) is 10.7 Å². The van der Waals surface area contributed by atoms with Crippen molar-refractivity contribution in [2.45, 2.75) is 39.1 Å². The number of rotatable bonds is 3. The molecule has 1 amide bonds. The van der Waals surface area contributed by atoms with Crippen molar-refractivity contribution in [3.63, 3.8) is 0 Å². The number of carbonyl (C=O) groups is 1. The van der Waals surface area contributed by atoms with E-state index in [-0.39, 0.29) is 18.2 Å². The van der Waals surface area contributed by atoms with E-state index in [0.29, 0.717) is 18.9 Å². The molecule has 20 heavy (non-hydrogen) atoms. The third kappa shape index (κ3) is 4.24. The molecule has 1 aromatic rings. The van der Waals surface area contributed by atoms with Gasteiger partial charge in [0.1, 0.15) is 0 Å². The van der Waals surface area contributed by atoms with E-state index in [0.717, 1.165) is 5.56 Å². The van der Waals surface area contributed by atoms with Crippen LogP contribution in [0.3, 0.4) is 0 Å². The lowest BCUT2D eigenvalue weighted by molar-refractivity contribution is -0.124. The third-order valence-corrected chi connectivity index (χ3v) is 3.09. The Hall–Kier alpha value is -2.08. The zero-order chi connectivity index (χ0) is 14.5. The van der Waals surface area contributed by atoms with Crippen molar-refractivity contribution in [1.29, 1.82) is 0 Å². The molecule has 2 unspecified atom stereocenters. The summed E-state index contributed by atoms with van der Waals surface area (Å²) in [4.78, 5) is 15.7. The molecule has 0 radical (unpaired) electrons. The number of nitrogens with two attached hydrogens (primary N) is 1. The van der Waals surface area contributed by atoms with Crippen LogP contribution >= 0.6 is 0 Å². The number of nitrogens with zero attached hydrogens (tertiary/aromatic N) is 1. The molecule has 0 aromatic heterocycles. The number of aryl methyl sites for hydroxylation is 1. The summed E-state index contributed by atoms with van der Waals surface area (Å²) in [6.45, 7) is 4.50. The topological polar surface area (TPSA) is 91.5 Å². The van der Waals surface area contributed by atoms with Crippen LogP contribution in [0.25, 0.3) is 0 Å². The summed E-state index contributed by atoms with van der Waals surface area (Å²) in [6.07, 6.45) is 0.103. The van der Waals surface area contributed by atoms with Crippen LogP contribution in [-0.2, 0) is 11.3 Å². The Bertz CT molecular complexity index is 497. The van der Waals surface area contributed by atoms with Gasteiger partial charge in [-0.3, -0.25) is 10.1 Å². The van der Waals surface area contributed by atoms with Crippen molar-refractivity contribution in [3.05, 3.63) is 35.4 Å². The molecular formula is C14H21N5O. The van der Waals surface area contributed by atoms with Crippen LogP contribution in [-0.4, -0.2) is 24.2 Å². The molecule has 1 heterocycles. The minimum absolute atomic E-state index is 0.0000783. The van der Waals surface area contributed by atoms with Crippen LogP contribution in [0.2, 0.25) is 0 Å². The first-order valence-electron chi connectivity index (χ1n) is 6.70.